The number of methoxy groups -OCH3 is 3. The van der Waals surface area contributed by atoms with E-state index in [9.17, 15) is 9.18 Å². The third-order valence-electron chi connectivity index (χ3n) is 2.15. The van der Waals surface area contributed by atoms with Gasteiger partial charge in [-0.1, -0.05) is 0 Å². The van der Waals surface area contributed by atoms with Crippen molar-refractivity contribution in [3.8, 4) is 17.2 Å². The molecule has 1 unspecified atom stereocenters. The molecule has 0 aliphatic carbocycles. The molecule has 4 nitrogen and oxygen atoms in total. The summed E-state index contributed by atoms with van der Waals surface area (Å²) in [6.45, 7) is 0. The first-order chi connectivity index (χ1) is 7.67. The van der Waals surface area contributed by atoms with E-state index in [-0.39, 0.29) is 17.6 Å². The Balaban J connectivity index is 3.31. The molecule has 0 saturated carbocycles. The van der Waals surface area contributed by atoms with Crippen LogP contribution in [0.25, 0.3) is 0 Å². The minimum Gasteiger partial charge on any atom is -0.496 e. The van der Waals surface area contributed by atoms with Gasteiger partial charge in [0.2, 0.25) is 0 Å². The van der Waals surface area contributed by atoms with Gasteiger partial charge in [-0.25, -0.2) is 4.39 Å². The summed E-state index contributed by atoms with van der Waals surface area (Å²) in [4.78, 5) is 10.4. The summed E-state index contributed by atoms with van der Waals surface area (Å²) in [7, 11) is 4.29. The predicted molar refractivity (Wildman–Crippen MR) is 56.0 cm³/mol. The fourth-order valence-electron chi connectivity index (χ4n) is 1.34. The summed E-state index contributed by atoms with van der Waals surface area (Å²) < 4.78 is 28.3. The van der Waals surface area contributed by atoms with Crippen molar-refractivity contribution in [3.63, 3.8) is 0 Å². The Hall–Kier alpha value is -1.78. The Morgan fingerprint density at radius 3 is 2.00 bits per heavy atom. The average molecular weight is 228 g/mol. The fourth-order valence-corrected chi connectivity index (χ4v) is 1.34. The number of carbonyl (C=O) groups is 1. The lowest BCUT2D eigenvalue weighted by atomic mass is 10.1. The summed E-state index contributed by atoms with van der Waals surface area (Å²) >= 11 is 0. The van der Waals surface area contributed by atoms with Crippen molar-refractivity contribution >= 4 is 6.29 Å². The van der Waals surface area contributed by atoms with Crippen LogP contribution >= 0.6 is 0 Å². The molecule has 0 aliphatic heterocycles. The molecule has 88 valence electrons. The number of hydrogen-bond donors (Lipinski definition) is 0. The van der Waals surface area contributed by atoms with E-state index in [1.54, 1.807) is 0 Å². The van der Waals surface area contributed by atoms with Crippen molar-refractivity contribution in [3.05, 3.63) is 17.7 Å². The van der Waals surface area contributed by atoms with Crippen LogP contribution in [0.2, 0.25) is 0 Å². The molecule has 0 fully saturated rings. The smallest absolute Gasteiger partial charge is 0.184 e. The standard InChI is InChI=1S/C11H13FO4/c1-14-9-5-11(16-3)10(15-2)4-7(9)8(12)6-13/h4-6,8H,1-3H3. The largest absolute Gasteiger partial charge is 0.496 e. The van der Waals surface area contributed by atoms with Crippen LogP contribution in [0.15, 0.2) is 12.1 Å². The van der Waals surface area contributed by atoms with Gasteiger partial charge in [0.05, 0.1) is 21.3 Å². The maximum absolute atomic E-state index is 13.3. The number of hydrogen-bond acceptors (Lipinski definition) is 4. The normalized spacial score (nSPS) is 11.8. The summed E-state index contributed by atoms with van der Waals surface area (Å²) in [5.74, 6) is 1.02. The monoisotopic (exact) mass is 228 g/mol. The third kappa shape index (κ3) is 2.24. The van der Waals surface area contributed by atoms with E-state index in [1.165, 1.54) is 33.5 Å². The second-order valence-electron chi connectivity index (χ2n) is 2.99. The summed E-state index contributed by atoms with van der Waals surface area (Å²) in [5, 5.41) is 0. The number of rotatable bonds is 5. The maximum atomic E-state index is 13.3. The van der Waals surface area contributed by atoms with Crippen molar-refractivity contribution < 1.29 is 23.4 Å². The minimum absolute atomic E-state index is 0.121. The molecule has 0 aliphatic rings. The van der Waals surface area contributed by atoms with Gasteiger partial charge in [-0.3, -0.25) is 4.79 Å². The van der Waals surface area contributed by atoms with Crippen LogP contribution in [0.1, 0.15) is 11.7 Å². The van der Waals surface area contributed by atoms with E-state index in [4.69, 9.17) is 14.2 Å². The van der Waals surface area contributed by atoms with Crippen molar-refractivity contribution in [2.45, 2.75) is 6.17 Å². The Bertz CT molecular complexity index is 378. The third-order valence-corrected chi connectivity index (χ3v) is 2.15. The highest BCUT2D eigenvalue weighted by atomic mass is 19.1. The first-order valence-electron chi connectivity index (χ1n) is 4.57. The van der Waals surface area contributed by atoms with Crippen LogP contribution in [-0.4, -0.2) is 27.6 Å². The lowest BCUT2D eigenvalue weighted by Crippen LogP contribution is -2.00. The lowest BCUT2D eigenvalue weighted by Gasteiger charge is -2.14. The highest BCUT2D eigenvalue weighted by Crippen LogP contribution is 2.37. The minimum atomic E-state index is -1.74. The predicted octanol–water partition coefficient (Wildman–Crippen LogP) is 1.92. The topological polar surface area (TPSA) is 44.8 Å². The first-order valence-corrected chi connectivity index (χ1v) is 4.57. The second-order valence-corrected chi connectivity index (χ2v) is 2.99. The van der Waals surface area contributed by atoms with Crippen LogP contribution in [0.4, 0.5) is 4.39 Å². The van der Waals surface area contributed by atoms with Crippen LogP contribution in [-0.2, 0) is 4.79 Å². The van der Waals surface area contributed by atoms with Gasteiger partial charge in [-0.2, -0.15) is 0 Å². The van der Waals surface area contributed by atoms with Gasteiger partial charge in [0.25, 0.3) is 0 Å². The molecule has 0 N–H and O–H groups in total. The van der Waals surface area contributed by atoms with Gasteiger partial charge >= 0.3 is 0 Å². The summed E-state index contributed by atoms with van der Waals surface area (Å²) in [6.07, 6.45) is -1.54. The molecule has 1 aromatic carbocycles. The van der Waals surface area contributed by atoms with E-state index in [2.05, 4.69) is 0 Å². The van der Waals surface area contributed by atoms with Gasteiger partial charge < -0.3 is 14.2 Å². The summed E-state index contributed by atoms with van der Waals surface area (Å²) in [5.41, 5.74) is 0.121. The number of aldehydes is 1. The summed E-state index contributed by atoms with van der Waals surface area (Å²) in [6, 6.07) is 2.86. The van der Waals surface area contributed by atoms with Crippen molar-refractivity contribution in [1.82, 2.24) is 0 Å². The molecule has 0 heterocycles. The van der Waals surface area contributed by atoms with Gasteiger partial charge in [0.1, 0.15) is 5.75 Å². The SMILES string of the molecule is COc1cc(OC)c(C(F)C=O)cc1OC. The second kappa shape index (κ2) is 5.34. The lowest BCUT2D eigenvalue weighted by molar-refractivity contribution is -0.112. The highest BCUT2D eigenvalue weighted by Gasteiger charge is 2.18. The van der Waals surface area contributed by atoms with E-state index < -0.39 is 6.17 Å². The van der Waals surface area contributed by atoms with Crippen molar-refractivity contribution in [2.75, 3.05) is 21.3 Å². The zero-order chi connectivity index (χ0) is 12.1. The first kappa shape index (κ1) is 12.3. The Labute approximate surface area is 92.9 Å². The fraction of sp³-hybridized carbons (Fsp3) is 0.364. The molecule has 1 rings (SSSR count). The van der Waals surface area contributed by atoms with Gasteiger partial charge in [0.15, 0.2) is 24.0 Å². The Morgan fingerprint density at radius 2 is 1.56 bits per heavy atom. The molecule has 0 radical (unpaired) electrons. The molecule has 1 atom stereocenters. The molecular formula is C11H13FO4. The van der Waals surface area contributed by atoms with Crippen LogP contribution < -0.4 is 14.2 Å². The van der Waals surface area contributed by atoms with E-state index in [0.29, 0.717) is 11.5 Å². The van der Waals surface area contributed by atoms with Crippen molar-refractivity contribution in [2.24, 2.45) is 0 Å². The number of halogens is 1. The molecule has 0 aromatic heterocycles. The number of carbonyl (C=O) groups excluding carboxylic acids is 1. The van der Waals surface area contributed by atoms with E-state index in [0.717, 1.165) is 0 Å². The zero-order valence-electron chi connectivity index (χ0n) is 9.32. The Morgan fingerprint density at radius 1 is 1.06 bits per heavy atom. The van der Waals surface area contributed by atoms with Gasteiger partial charge in [0, 0.05) is 11.6 Å². The molecule has 16 heavy (non-hydrogen) atoms. The molecule has 5 heteroatoms. The molecule has 0 spiro atoms. The molecular weight excluding hydrogens is 215 g/mol. The highest BCUT2D eigenvalue weighted by molar-refractivity contribution is 5.64. The quantitative estimate of drug-likeness (QED) is 0.722. The van der Waals surface area contributed by atoms with Crippen LogP contribution in [0.3, 0.4) is 0 Å². The average Bonchev–Trinajstić information content (AvgIpc) is 2.35. The zero-order valence-corrected chi connectivity index (χ0v) is 9.32. The van der Waals surface area contributed by atoms with E-state index in [1.807, 2.05) is 0 Å². The van der Waals surface area contributed by atoms with E-state index >= 15 is 0 Å². The van der Waals surface area contributed by atoms with Crippen LogP contribution in [0.5, 0.6) is 17.2 Å². The molecule has 0 saturated heterocycles. The van der Waals surface area contributed by atoms with Crippen LogP contribution in [0, 0.1) is 0 Å². The number of ether oxygens (including phenoxy) is 3. The van der Waals surface area contributed by atoms with Gasteiger partial charge in [-0.15, -0.1) is 0 Å². The number of benzene rings is 1. The maximum Gasteiger partial charge on any atom is 0.184 e. The van der Waals surface area contributed by atoms with Gasteiger partial charge in [-0.05, 0) is 6.07 Å². The molecule has 0 bridgehead atoms. The Kier molecular flexibility index (Phi) is 4.10. The molecule has 0 amide bonds. The molecule has 1 aromatic rings. The van der Waals surface area contributed by atoms with Crippen molar-refractivity contribution in [1.29, 1.82) is 0 Å². The number of alkyl halides is 1.